The first-order valence-corrected chi connectivity index (χ1v) is 7.21. The quantitative estimate of drug-likeness (QED) is 0.299. The molecule has 0 heterocycles. The van der Waals surface area contributed by atoms with Gasteiger partial charge in [-0.2, -0.15) is 0 Å². The predicted molar refractivity (Wildman–Crippen MR) is 75.5 cm³/mol. The average molecular weight is 246 g/mol. The summed E-state index contributed by atoms with van der Waals surface area (Å²) < 4.78 is 0. The first-order chi connectivity index (χ1) is 7.77. The van der Waals surface area contributed by atoms with Crippen LogP contribution in [0.1, 0.15) is 78.1 Å². The number of hydrogen-bond acceptors (Lipinski definition) is 0. The molecular weight excluding hydrogens is 215 g/mol. The SMILES string of the molecule is [CH2-]C=CCCCCCCCCCCC(C)C.[Na+]. The molecule has 0 nitrogen and oxygen atoms in total. The first kappa shape index (κ1) is 19.9. The predicted octanol–water partition coefficient (Wildman–Crippen LogP) is 2.94. The first-order valence-electron chi connectivity index (χ1n) is 7.21. The molecule has 96 valence electrons. The fourth-order valence-corrected chi connectivity index (χ4v) is 1.99. The minimum Gasteiger partial charge on any atom is -0.245 e. The monoisotopic (exact) mass is 246 g/mol. The van der Waals surface area contributed by atoms with Crippen LogP contribution in [0.2, 0.25) is 0 Å². The molecule has 0 saturated carbocycles. The average Bonchev–Trinajstić information content (AvgIpc) is 2.25. The molecule has 0 aromatic rings. The van der Waals surface area contributed by atoms with Gasteiger partial charge in [-0.15, -0.1) is 6.42 Å². The van der Waals surface area contributed by atoms with E-state index in [4.69, 9.17) is 0 Å². The van der Waals surface area contributed by atoms with Gasteiger partial charge < -0.3 is 0 Å². The second kappa shape index (κ2) is 16.6. The van der Waals surface area contributed by atoms with E-state index in [2.05, 4.69) is 26.8 Å². The Hall–Kier alpha value is 0.610. The van der Waals surface area contributed by atoms with E-state index in [9.17, 15) is 0 Å². The Morgan fingerprint density at radius 1 is 0.824 bits per heavy atom. The van der Waals surface area contributed by atoms with Crippen molar-refractivity contribution in [1.29, 1.82) is 0 Å². The van der Waals surface area contributed by atoms with E-state index in [1.165, 1.54) is 64.2 Å². The molecule has 0 fully saturated rings. The van der Waals surface area contributed by atoms with E-state index in [1.54, 1.807) is 0 Å². The van der Waals surface area contributed by atoms with Crippen molar-refractivity contribution < 1.29 is 29.6 Å². The smallest absolute Gasteiger partial charge is 0.245 e. The molecule has 0 N–H and O–H groups in total. The van der Waals surface area contributed by atoms with Gasteiger partial charge in [0, 0.05) is 0 Å². The van der Waals surface area contributed by atoms with Crippen molar-refractivity contribution >= 4 is 0 Å². The van der Waals surface area contributed by atoms with Gasteiger partial charge in [0.2, 0.25) is 0 Å². The zero-order valence-electron chi connectivity index (χ0n) is 12.5. The summed E-state index contributed by atoms with van der Waals surface area (Å²) in [5, 5.41) is 0. The zero-order chi connectivity index (χ0) is 12.1. The van der Waals surface area contributed by atoms with Gasteiger partial charge in [-0.25, -0.2) is 19.1 Å². The molecule has 0 saturated heterocycles. The second-order valence-electron chi connectivity index (χ2n) is 5.27. The summed E-state index contributed by atoms with van der Waals surface area (Å²) in [5.41, 5.74) is 0. The van der Waals surface area contributed by atoms with Gasteiger partial charge in [-0.3, -0.25) is 0 Å². The molecule has 0 amide bonds. The third-order valence-electron chi connectivity index (χ3n) is 3.07. The van der Waals surface area contributed by atoms with Crippen molar-refractivity contribution in [2.75, 3.05) is 0 Å². The van der Waals surface area contributed by atoms with Gasteiger partial charge in [0.15, 0.2) is 0 Å². The van der Waals surface area contributed by atoms with Crippen molar-refractivity contribution in [3.63, 3.8) is 0 Å². The van der Waals surface area contributed by atoms with Crippen LogP contribution in [-0.2, 0) is 0 Å². The Balaban J connectivity index is 0. The van der Waals surface area contributed by atoms with E-state index < -0.39 is 0 Å². The molecule has 0 aliphatic carbocycles. The summed E-state index contributed by atoms with van der Waals surface area (Å²) in [5.74, 6) is 0.890. The fraction of sp³-hybridized carbons (Fsp3) is 0.812. The molecule has 0 radical (unpaired) electrons. The Bertz CT molecular complexity index is 150. The van der Waals surface area contributed by atoms with E-state index >= 15 is 0 Å². The topological polar surface area (TPSA) is 0 Å². The summed E-state index contributed by atoms with van der Waals surface area (Å²) >= 11 is 0. The maximum atomic E-state index is 3.69. The van der Waals surface area contributed by atoms with Gasteiger partial charge in [-0.1, -0.05) is 71.6 Å². The van der Waals surface area contributed by atoms with Crippen LogP contribution in [0.4, 0.5) is 0 Å². The van der Waals surface area contributed by atoms with Gasteiger partial charge in [-0.05, 0) is 5.92 Å². The number of hydrogen-bond donors (Lipinski definition) is 0. The molecule has 0 unspecified atom stereocenters. The van der Waals surface area contributed by atoms with Crippen LogP contribution >= 0.6 is 0 Å². The van der Waals surface area contributed by atoms with Crippen LogP contribution in [0.5, 0.6) is 0 Å². The van der Waals surface area contributed by atoms with Crippen LogP contribution in [0.3, 0.4) is 0 Å². The molecule has 0 aromatic carbocycles. The van der Waals surface area contributed by atoms with Crippen LogP contribution in [0.15, 0.2) is 12.2 Å². The largest absolute Gasteiger partial charge is 1.00 e. The van der Waals surface area contributed by atoms with Crippen molar-refractivity contribution in [3.05, 3.63) is 19.1 Å². The van der Waals surface area contributed by atoms with E-state index in [0.29, 0.717) is 0 Å². The van der Waals surface area contributed by atoms with Gasteiger partial charge in [0.05, 0.1) is 0 Å². The minimum atomic E-state index is 0. The molecule has 1 heteroatoms. The van der Waals surface area contributed by atoms with E-state index in [-0.39, 0.29) is 29.6 Å². The summed E-state index contributed by atoms with van der Waals surface area (Å²) in [6, 6.07) is 0. The Morgan fingerprint density at radius 2 is 1.29 bits per heavy atom. The summed E-state index contributed by atoms with van der Waals surface area (Å²) in [7, 11) is 0. The molecule has 17 heavy (non-hydrogen) atoms. The number of rotatable bonds is 11. The summed E-state index contributed by atoms with van der Waals surface area (Å²) in [4.78, 5) is 0. The van der Waals surface area contributed by atoms with Crippen molar-refractivity contribution in [1.82, 2.24) is 0 Å². The van der Waals surface area contributed by atoms with Crippen molar-refractivity contribution in [3.8, 4) is 0 Å². The summed E-state index contributed by atoms with van der Waals surface area (Å²) in [6.45, 7) is 8.33. The van der Waals surface area contributed by atoms with Crippen molar-refractivity contribution in [2.45, 2.75) is 78.1 Å². The molecule has 0 aliphatic rings. The Morgan fingerprint density at radius 3 is 1.76 bits per heavy atom. The van der Waals surface area contributed by atoms with Crippen LogP contribution in [-0.4, -0.2) is 0 Å². The maximum absolute atomic E-state index is 3.69. The van der Waals surface area contributed by atoms with Gasteiger partial charge in [0.25, 0.3) is 0 Å². The van der Waals surface area contributed by atoms with Gasteiger partial charge >= 0.3 is 29.6 Å². The van der Waals surface area contributed by atoms with E-state index in [0.717, 1.165) is 5.92 Å². The molecular formula is C16H31Na. The number of unbranched alkanes of at least 4 members (excludes halogenated alkanes) is 8. The molecule has 0 atom stereocenters. The minimum absolute atomic E-state index is 0. The molecule has 0 aromatic heterocycles. The standard InChI is InChI=1S/C16H31.Na/c1-4-5-6-7-8-9-10-11-12-13-14-15-16(2)3;/h4-5,16H,1,6-15H2,2-3H3;/q-1;+1. The molecule has 0 rings (SSSR count). The van der Waals surface area contributed by atoms with Crippen LogP contribution in [0.25, 0.3) is 0 Å². The zero-order valence-corrected chi connectivity index (χ0v) is 14.5. The summed E-state index contributed by atoms with van der Waals surface area (Å²) in [6.07, 6.45) is 18.1. The van der Waals surface area contributed by atoms with E-state index in [1.807, 2.05) is 6.08 Å². The van der Waals surface area contributed by atoms with Crippen LogP contribution < -0.4 is 29.6 Å². The molecule has 0 spiro atoms. The Kier molecular flexibility index (Phi) is 19.5. The Labute approximate surface area is 132 Å². The van der Waals surface area contributed by atoms with Gasteiger partial charge in [0.1, 0.15) is 0 Å². The third-order valence-corrected chi connectivity index (χ3v) is 3.07. The fourth-order valence-electron chi connectivity index (χ4n) is 1.99. The second-order valence-corrected chi connectivity index (χ2v) is 5.27. The van der Waals surface area contributed by atoms with Crippen LogP contribution in [0, 0.1) is 12.8 Å². The normalized spacial score (nSPS) is 11.0. The molecule has 0 aliphatic heterocycles. The third kappa shape index (κ3) is 19.1. The van der Waals surface area contributed by atoms with Crippen molar-refractivity contribution in [2.24, 2.45) is 5.92 Å². The number of allylic oxidation sites excluding steroid dienone is 2. The maximum Gasteiger partial charge on any atom is 1.00 e. The molecule has 0 bridgehead atoms.